The van der Waals surface area contributed by atoms with E-state index in [1.807, 2.05) is 12.1 Å². The molecule has 1 atom stereocenters. The van der Waals surface area contributed by atoms with Gasteiger partial charge in [0.15, 0.2) is 11.5 Å². The molecule has 0 amide bonds. The van der Waals surface area contributed by atoms with Gasteiger partial charge < -0.3 is 24.1 Å². The number of benzene rings is 2. The minimum Gasteiger partial charge on any atom is -0.497 e. The van der Waals surface area contributed by atoms with E-state index in [2.05, 4.69) is 6.92 Å². The van der Waals surface area contributed by atoms with E-state index in [4.69, 9.17) is 18.9 Å². The highest BCUT2D eigenvalue weighted by molar-refractivity contribution is 5.77. The lowest BCUT2D eigenvalue weighted by Gasteiger charge is -2.18. The van der Waals surface area contributed by atoms with Crippen molar-refractivity contribution in [3.8, 4) is 23.0 Å². The van der Waals surface area contributed by atoms with E-state index in [0.29, 0.717) is 35.2 Å². The summed E-state index contributed by atoms with van der Waals surface area (Å²) >= 11 is 0. The van der Waals surface area contributed by atoms with Crippen molar-refractivity contribution in [2.45, 2.75) is 32.1 Å². The molecule has 1 N–H and O–H groups in total. The molecule has 0 heterocycles. The van der Waals surface area contributed by atoms with E-state index >= 15 is 0 Å². The third-order valence-electron chi connectivity index (χ3n) is 4.56. The molecular formula is C22H28O6. The molecule has 0 aromatic heterocycles. The Bertz CT molecular complexity index is 787. The summed E-state index contributed by atoms with van der Waals surface area (Å²) in [6, 6.07) is 10.7. The molecule has 0 saturated carbocycles. The molecule has 1 unspecified atom stereocenters. The van der Waals surface area contributed by atoms with E-state index in [-0.39, 0.29) is 6.42 Å². The Labute approximate surface area is 166 Å². The van der Waals surface area contributed by atoms with E-state index in [1.165, 1.54) is 7.11 Å². The van der Waals surface area contributed by atoms with E-state index in [1.54, 1.807) is 38.5 Å². The highest BCUT2D eigenvalue weighted by Crippen LogP contribution is 2.34. The van der Waals surface area contributed by atoms with Crippen LogP contribution in [0.15, 0.2) is 36.4 Å². The summed E-state index contributed by atoms with van der Waals surface area (Å²) in [4.78, 5) is 12.0. The molecule has 2 aromatic rings. The van der Waals surface area contributed by atoms with Gasteiger partial charge in [0.1, 0.15) is 11.5 Å². The minimum atomic E-state index is -0.914. The van der Waals surface area contributed by atoms with Crippen molar-refractivity contribution < 1.29 is 28.8 Å². The van der Waals surface area contributed by atoms with Crippen LogP contribution in [0.3, 0.4) is 0 Å². The smallest absolute Gasteiger partial charge is 0.311 e. The molecule has 0 bridgehead atoms. The van der Waals surface area contributed by atoms with Crippen molar-refractivity contribution in [2.24, 2.45) is 0 Å². The van der Waals surface area contributed by atoms with Gasteiger partial charge in [-0.05, 0) is 42.2 Å². The van der Waals surface area contributed by atoms with Gasteiger partial charge in [-0.25, -0.2) is 0 Å². The molecule has 0 spiro atoms. The second kappa shape index (κ2) is 10.4. The molecule has 6 heteroatoms. The normalized spacial score (nSPS) is 11.6. The van der Waals surface area contributed by atoms with Crippen LogP contribution in [0.1, 0.15) is 36.8 Å². The fourth-order valence-electron chi connectivity index (χ4n) is 2.93. The van der Waals surface area contributed by atoms with Crippen LogP contribution in [0, 0.1) is 0 Å². The quantitative estimate of drug-likeness (QED) is 0.579. The van der Waals surface area contributed by atoms with Gasteiger partial charge in [0.2, 0.25) is 0 Å². The summed E-state index contributed by atoms with van der Waals surface area (Å²) in [6.07, 6.45) is 2.23. The SMILES string of the molecule is CCCCOc1cc(OC)ccc1CC(C(=O)O)c1ccc(OC)c(OC)c1. The van der Waals surface area contributed by atoms with Gasteiger partial charge in [0.05, 0.1) is 33.9 Å². The largest absolute Gasteiger partial charge is 0.497 e. The number of unbranched alkanes of at least 4 members (excludes halogenated alkanes) is 1. The topological polar surface area (TPSA) is 74.2 Å². The first kappa shape index (κ1) is 21.4. The van der Waals surface area contributed by atoms with Crippen molar-refractivity contribution >= 4 is 5.97 Å². The lowest BCUT2D eigenvalue weighted by Crippen LogP contribution is -2.15. The van der Waals surface area contributed by atoms with Crippen molar-refractivity contribution in [1.82, 2.24) is 0 Å². The van der Waals surface area contributed by atoms with Gasteiger partial charge in [0, 0.05) is 6.07 Å². The van der Waals surface area contributed by atoms with Crippen molar-refractivity contribution in [1.29, 1.82) is 0 Å². The Morgan fingerprint density at radius 2 is 1.71 bits per heavy atom. The maximum atomic E-state index is 12.0. The molecule has 2 rings (SSSR count). The maximum Gasteiger partial charge on any atom is 0.311 e. The first-order valence-electron chi connectivity index (χ1n) is 9.28. The molecule has 0 radical (unpaired) electrons. The Morgan fingerprint density at radius 1 is 0.964 bits per heavy atom. The average Bonchev–Trinajstić information content (AvgIpc) is 2.72. The number of hydrogen-bond donors (Lipinski definition) is 1. The van der Waals surface area contributed by atoms with Gasteiger partial charge in [0.25, 0.3) is 0 Å². The second-order valence-electron chi connectivity index (χ2n) is 6.39. The summed E-state index contributed by atoms with van der Waals surface area (Å²) in [5, 5.41) is 9.85. The number of rotatable bonds is 11. The molecule has 0 aliphatic heterocycles. The third kappa shape index (κ3) is 5.31. The van der Waals surface area contributed by atoms with Gasteiger partial charge >= 0.3 is 5.97 Å². The van der Waals surface area contributed by atoms with Crippen LogP contribution >= 0.6 is 0 Å². The number of carboxylic acids is 1. The predicted molar refractivity (Wildman–Crippen MR) is 107 cm³/mol. The fraction of sp³-hybridized carbons (Fsp3) is 0.409. The molecule has 28 heavy (non-hydrogen) atoms. The second-order valence-corrected chi connectivity index (χ2v) is 6.39. The summed E-state index contributed by atoms with van der Waals surface area (Å²) in [5.41, 5.74) is 1.46. The number of ether oxygens (including phenoxy) is 4. The Hall–Kier alpha value is -2.89. The Balaban J connectivity index is 2.35. The van der Waals surface area contributed by atoms with Crippen LogP contribution < -0.4 is 18.9 Å². The van der Waals surface area contributed by atoms with E-state index in [9.17, 15) is 9.90 Å². The number of carbonyl (C=O) groups is 1. The monoisotopic (exact) mass is 388 g/mol. The summed E-state index contributed by atoms with van der Waals surface area (Å²) in [6.45, 7) is 2.66. The predicted octanol–water partition coefficient (Wildman–Crippen LogP) is 4.30. The summed E-state index contributed by atoms with van der Waals surface area (Å²) in [7, 11) is 4.67. The molecule has 152 valence electrons. The Morgan fingerprint density at radius 3 is 2.32 bits per heavy atom. The van der Waals surface area contributed by atoms with Crippen LogP contribution in [-0.2, 0) is 11.2 Å². The van der Waals surface area contributed by atoms with E-state index in [0.717, 1.165) is 18.4 Å². The zero-order valence-corrected chi connectivity index (χ0v) is 16.9. The van der Waals surface area contributed by atoms with Crippen molar-refractivity contribution in [3.63, 3.8) is 0 Å². The molecule has 6 nitrogen and oxygen atoms in total. The molecule has 0 fully saturated rings. The van der Waals surface area contributed by atoms with Crippen LogP contribution in [0.5, 0.6) is 23.0 Å². The van der Waals surface area contributed by atoms with Gasteiger partial charge in [-0.3, -0.25) is 4.79 Å². The summed E-state index contributed by atoms with van der Waals surface area (Å²) < 4.78 is 21.7. The molecule has 2 aromatic carbocycles. The Kier molecular flexibility index (Phi) is 7.99. The zero-order valence-electron chi connectivity index (χ0n) is 16.9. The molecular weight excluding hydrogens is 360 g/mol. The highest BCUT2D eigenvalue weighted by Gasteiger charge is 2.24. The molecule has 0 saturated heterocycles. The number of methoxy groups -OCH3 is 3. The number of hydrogen-bond acceptors (Lipinski definition) is 5. The van der Waals surface area contributed by atoms with Crippen LogP contribution in [0.2, 0.25) is 0 Å². The standard InChI is InChI=1S/C22H28O6/c1-5-6-11-28-20-14-17(25-2)9-7-16(20)12-18(22(23)24)15-8-10-19(26-3)21(13-15)27-4/h7-10,13-14,18H,5-6,11-12H2,1-4H3,(H,23,24). The maximum absolute atomic E-state index is 12.0. The molecule has 0 aliphatic carbocycles. The number of aliphatic carboxylic acids is 1. The fourth-order valence-corrected chi connectivity index (χ4v) is 2.93. The van der Waals surface area contributed by atoms with Crippen LogP contribution in [-0.4, -0.2) is 39.0 Å². The highest BCUT2D eigenvalue weighted by atomic mass is 16.5. The van der Waals surface area contributed by atoms with Gasteiger partial charge in [-0.2, -0.15) is 0 Å². The van der Waals surface area contributed by atoms with E-state index < -0.39 is 11.9 Å². The van der Waals surface area contributed by atoms with Crippen molar-refractivity contribution in [2.75, 3.05) is 27.9 Å². The van der Waals surface area contributed by atoms with Gasteiger partial charge in [-0.1, -0.05) is 25.5 Å². The minimum absolute atomic E-state index is 0.288. The first-order chi connectivity index (χ1) is 13.5. The third-order valence-corrected chi connectivity index (χ3v) is 4.56. The van der Waals surface area contributed by atoms with Crippen LogP contribution in [0.25, 0.3) is 0 Å². The van der Waals surface area contributed by atoms with Gasteiger partial charge in [-0.15, -0.1) is 0 Å². The lowest BCUT2D eigenvalue weighted by molar-refractivity contribution is -0.138. The van der Waals surface area contributed by atoms with Crippen molar-refractivity contribution in [3.05, 3.63) is 47.5 Å². The molecule has 0 aliphatic rings. The first-order valence-corrected chi connectivity index (χ1v) is 9.28. The lowest BCUT2D eigenvalue weighted by atomic mass is 9.91. The zero-order chi connectivity index (χ0) is 20.5. The van der Waals surface area contributed by atoms with Crippen LogP contribution in [0.4, 0.5) is 0 Å². The summed E-state index contributed by atoms with van der Waals surface area (Å²) in [5.74, 6) is 0.723. The number of carboxylic acid groups (broad SMARTS) is 1. The average molecular weight is 388 g/mol.